The minimum atomic E-state index is -0.770. The van der Waals surface area contributed by atoms with Gasteiger partial charge in [-0.15, -0.1) is 5.06 Å². The Morgan fingerprint density at radius 1 is 1.13 bits per heavy atom. The zero-order chi connectivity index (χ0) is 28.2. The molecular formula is C30H38FN3O5. The van der Waals surface area contributed by atoms with Crippen molar-refractivity contribution in [2.45, 2.75) is 84.3 Å². The summed E-state index contributed by atoms with van der Waals surface area (Å²) < 4.78 is 19.0. The molecule has 2 saturated heterocycles. The molecule has 8 nitrogen and oxygen atoms in total. The molecule has 9 heteroatoms. The number of carbonyl (C=O) groups excluding carboxylic acids is 3. The average molecular weight is 540 g/mol. The van der Waals surface area contributed by atoms with Crippen molar-refractivity contribution < 1.29 is 28.3 Å². The summed E-state index contributed by atoms with van der Waals surface area (Å²) in [7, 11) is 0. The third kappa shape index (κ3) is 7.42. The zero-order valence-electron chi connectivity index (χ0n) is 23.1. The molecule has 2 aliphatic rings. The SMILES string of the molecule is CCCC[C@H](NC(=O)OC1CC(C)(C)CN1C(=O)Cc1ccc(F)cc1)C(=O)C1ON1[C@H](C)c1ccccc1. The smallest absolute Gasteiger partial charge is 0.409 e. The molecule has 210 valence electrons. The highest BCUT2D eigenvalue weighted by Gasteiger charge is 2.49. The second-order valence-electron chi connectivity index (χ2n) is 11.2. The molecule has 2 heterocycles. The van der Waals surface area contributed by atoms with E-state index < -0.39 is 24.6 Å². The summed E-state index contributed by atoms with van der Waals surface area (Å²) in [5.74, 6) is -0.799. The number of rotatable bonds is 11. The van der Waals surface area contributed by atoms with Crippen molar-refractivity contribution in [3.8, 4) is 0 Å². The Balaban J connectivity index is 1.38. The van der Waals surface area contributed by atoms with E-state index in [1.54, 1.807) is 22.1 Å². The maximum absolute atomic E-state index is 13.3. The Morgan fingerprint density at radius 2 is 1.82 bits per heavy atom. The van der Waals surface area contributed by atoms with Crippen LogP contribution in [0.5, 0.6) is 0 Å². The average Bonchev–Trinajstić information content (AvgIpc) is 3.65. The molecule has 0 spiro atoms. The van der Waals surface area contributed by atoms with Crippen molar-refractivity contribution in [1.29, 1.82) is 0 Å². The van der Waals surface area contributed by atoms with Crippen LogP contribution in [0.4, 0.5) is 9.18 Å². The molecule has 2 aromatic carbocycles. The van der Waals surface area contributed by atoms with Crippen molar-refractivity contribution in [2.24, 2.45) is 5.41 Å². The fourth-order valence-electron chi connectivity index (χ4n) is 5.05. The van der Waals surface area contributed by atoms with Gasteiger partial charge < -0.3 is 15.0 Å². The summed E-state index contributed by atoms with van der Waals surface area (Å²) >= 11 is 0. The number of likely N-dealkylation sites (tertiary alicyclic amines) is 1. The Morgan fingerprint density at radius 3 is 2.49 bits per heavy atom. The van der Waals surface area contributed by atoms with Crippen LogP contribution >= 0.6 is 0 Å². The van der Waals surface area contributed by atoms with Gasteiger partial charge in [-0.2, -0.15) is 0 Å². The van der Waals surface area contributed by atoms with E-state index in [2.05, 4.69) is 5.32 Å². The first kappa shape index (κ1) is 28.7. The molecule has 0 saturated carbocycles. The molecule has 2 aliphatic heterocycles. The number of nitrogens with zero attached hydrogens (tertiary/aromatic N) is 2. The Labute approximate surface area is 229 Å². The summed E-state index contributed by atoms with van der Waals surface area (Å²) in [6.07, 6.45) is 0.371. The van der Waals surface area contributed by atoms with Crippen molar-refractivity contribution in [3.05, 3.63) is 71.5 Å². The van der Waals surface area contributed by atoms with Crippen LogP contribution in [-0.4, -0.2) is 52.8 Å². The molecule has 2 aromatic rings. The van der Waals surface area contributed by atoms with Crippen LogP contribution in [0.2, 0.25) is 0 Å². The lowest BCUT2D eigenvalue weighted by Gasteiger charge is -2.26. The third-order valence-electron chi connectivity index (χ3n) is 7.30. The number of hydrogen-bond donors (Lipinski definition) is 1. The molecule has 2 fully saturated rings. The van der Waals surface area contributed by atoms with E-state index in [4.69, 9.17) is 9.57 Å². The molecule has 39 heavy (non-hydrogen) atoms. The second-order valence-corrected chi connectivity index (χ2v) is 11.2. The maximum atomic E-state index is 13.3. The lowest BCUT2D eigenvalue weighted by Crippen LogP contribution is -2.47. The standard InChI is InChI=1S/C30H38FN3O5/c1-5-6-12-24(27(36)28-34(39-28)20(2)22-10-8-7-9-11-22)32-29(37)38-26-18-30(3,4)19-33(26)25(35)17-21-13-15-23(31)16-14-21/h7-11,13-16,20,24,26,28H,5-6,12,17-19H2,1-4H3,(H,32,37)/t20-,24+,26?,28?,34?/m1/s1. The molecule has 4 rings (SSSR count). The predicted molar refractivity (Wildman–Crippen MR) is 144 cm³/mol. The normalized spacial score (nSPS) is 23.1. The van der Waals surface area contributed by atoms with Crippen LogP contribution in [0.3, 0.4) is 0 Å². The summed E-state index contributed by atoms with van der Waals surface area (Å²) in [6, 6.07) is 14.7. The van der Waals surface area contributed by atoms with Gasteiger partial charge in [-0.05, 0) is 42.0 Å². The van der Waals surface area contributed by atoms with Gasteiger partial charge in [0.05, 0.1) is 18.5 Å². The minimum Gasteiger partial charge on any atom is -0.425 e. The van der Waals surface area contributed by atoms with Gasteiger partial charge >= 0.3 is 6.09 Å². The quantitative estimate of drug-likeness (QED) is 0.398. The minimum absolute atomic E-state index is 0.0733. The fourth-order valence-corrected chi connectivity index (χ4v) is 5.05. The molecule has 0 aliphatic carbocycles. The van der Waals surface area contributed by atoms with Crippen LogP contribution < -0.4 is 5.32 Å². The highest BCUT2D eigenvalue weighted by Crippen LogP contribution is 2.36. The molecule has 0 radical (unpaired) electrons. The van der Waals surface area contributed by atoms with Gasteiger partial charge in [0.15, 0.2) is 6.23 Å². The monoisotopic (exact) mass is 539 g/mol. The topological polar surface area (TPSA) is 91.3 Å². The first-order chi connectivity index (χ1) is 18.6. The second kappa shape index (κ2) is 12.3. The van der Waals surface area contributed by atoms with Gasteiger partial charge in [-0.3, -0.25) is 14.4 Å². The number of benzene rings is 2. The number of unbranched alkanes of at least 4 members (excludes halogenated alkanes) is 1. The van der Waals surface area contributed by atoms with Gasteiger partial charge in [-0.1, -0.05) is 76.1 Å². The molecule has 2 amide bonds. The zero-order valence-corrected chi connectivity index (χ0v) is 23.1. The molecule has 5 atom stereocenters. The predicted octanol–water partition coefficient (Wildman–Crippen LogP) is 5.14. The number of halogens is 1. The number of Topliss-reactive ketones (excluding diaryl/α,β-unsaturated/α-hetero) is 1. The van der Waals surface area contributed by atoms with Crippen molar-refractivity contribution >= 4 is 17.8 Å². The van der Waals surface area contributed by atoms with Crippen LogP contribution in [0.25, 0.3) is 0 Å². The van der Waals surface area contributed by atoms with Crippen molar-refractivity contribution in [3.63, 3.8) is 0 Å². The Bertz CT molecular complexity index is 1160. The largest absolute Gasteiger partial charge is 0.425 e. The first-order valence-electron chi connectivity index (χ1n) is 13.6. The molecule has 1 N–H and O–H groups in total. The van der Waals surface area contributed by atoms with E-state index in [1.807, 2.05) is 58.0 Å². The van der Waals surface area contributed by atoms with E-state index in [9.17, 15) is 18.8 Å². The summed E-state index contributed by atoms with van der Waals surface area (Å²) in [5, 5.41) is 4.38. The molecule has 3 unspecified atom stereocenters. The highest BCUT2D eigenvalue weighted by molar-refractivity contribution is 5.91. The van der Waals surface area contributed by atoms with E-state index in [-0.39, 0.29) is 35.4 Å². The van der Waals surface area contributed by atoms with Crippen LogP contribution in [-0.2, 0) is 25.6 Å². The van der Waals surface area contributed by atoms with E-state index in [0.717, 1.165) is 18.4 Å². The number of alkyl carbamates (subject to hydrolysis) is 1. The van der Waals surface area contributed by atoms with Gasteiger partial charge in [-0.25, -0.2) is 9.18 Å². The van der Waals surface area contributed by atoms with E-state index in [1.165, 1.54) is 12.1 Å². The van der Waals surface area contributed by atoms with Crippen molar-refractivity contribution in [2.75, 3.05) is 6.54 Å². The van der Waals surface area contributed by atoms with Crippen molar-refractivity contribution in [1.82, 2.24) is 15.3 Å². The van der Waals surface area contributed by atoms with Gasteiger partial charge in [0, 0.05) is 13.0 Å². The van der Waals surface area contributed by atoms with E-state index >= 15 is 0 Å². The van der Waals surface area contributed by atoms with Crippen LogP contribution in [0.1, 0.15) is 70.5 Å². The summed E-state index contributed by atoms with van der Waals surface area (Å²) in [6.45, 7) is 8.42. The van der Waals surface area contributed by atoms with Gasteiger partial charge in [0.2, 0.25) is 17.9 Å². The van der Waals surface area contributed by atoms with Gasteiger partial charge in [0.25, 0.3) is 0 Å². The Kier molecular flexibility index (Phi) is 9.02. The van der Waals surface area contributed by atoms with Crippen LogP contribution in [0, 0.1) is 11.2 Å². The number of ketones is 1. The highest BCUT2D eigenvalue weighted by atomic mass is 19.1. The third-order valence-corrected chi connectivity index (χ3v) is 7.30. The first-order valence-corrected chi connectivity index (χ1v) is 13.6. The number of carbonyl (C=O) groups is 3. The lowest BCUT2D eigenvalue weighted by molar-refractivity contribution is -0.137. The molecule has 0 aromatic heterocycles. The summed E-state index contributed by atoms with van der Waals surface area (Å²) in [4.78, 5) is 46.6. The molecule has 0 bridgehead atoms. The summed E-state index contributed by atoms with van der Waals surface area (Å²) in [5.41, 5.74) is 1.45. The molecular weight excluding hydrogens is 501 g/mol. The number of ether oxygens (including phenoxy) is 1. The van der Waals surface area contributed by atoms with E-state index in [0.29, 0.717) is 24.9 Å². The number of nitrogens with one attached hydrogen (secondary N) is 1. The number of amides is 2. The fraction of sp³-hybridized carbons (Fsp3) is 0.500. The lowest BCUT2D eigenvalue weighted by atomic mass is 9.93. The number of hydrogen-bond acceptors (Lipinski definition) is 6. The van der Waals surface area contributed by atoms with Crippen LogP contribution in [0.15, 0.2) is 54.6 Å². The maximum Gasteiger partial charge on any atom is 0.409 e. The number of hydroxylamine groups is 2. The Hall–Kier alpha value is -3.30. The van der Waals surface area contributed by atoms with Gasteiger partial charge in [0.1, 0.15) is 5.82 Å².